The molecule has 0 atom stereocenters. The summed E-state index contributed by atoms with van der Waals surface area (Å²) in [6.45, 7) is 9.61. The number of allylic oxidation sites excluding steroid dienone is 4. The topological polar surface area (TPSA) is 18.5 Å². The molecule has 0 N–H and O–H groups in total. The number of hydrogen-bond acceptors (Lipinski definition) is 2. The Morgan fingerprint density at radius 2 is 1.95 bits per heavy atom. The molecule has 0 saturated heterocycles. The molecular weight excluding hydrogens is 248 g/mol. The minimum absolute atomic E-state index is 0.559. The molecule has 0 aliphatic carbocycles. The van der Waals surface area contributed by atoms with Gasteiger partial charge in [-0.3, -0.25) is 0 Å². The van der Waals surface area contributed by atoms with Crippen LogP contribution in [0.3, 0.4) is 0 Å². The van der Waals surface area contributed by atoms with Crippen molar-refractivity contribution in [3.63, 3.8) is 0 Å². The van der Waals surface area contributed by atoms with Gasteiger partial charge in [0.1, 0.15) is 12.4 Å². The fraction of sp³-hybridized carbons (Fsp3) is 0.333. The van der Waals surface area contributed by atoms with Crippen molar-refractivity contribution in [2.75, 3.05) is 13.2 Å². The Hall–Kier alpha value is -1.80. The van der Waals surface area contributed by atoms with E-state index < -0.39 is 0 Å². The highest BCUT2D eigenvalue weighted by Gasteiger charge is 1.94. The summed E-state index contributed by atoms with van der Waals surface area (Å²) in [5.41, 5.74) is 2.32. The van der Waals surface area contributed by atoms with Crippen LogP contribution in [0.15, 0.2) is 66.5 Å². The first kappa shape index (κ1) is 16.3. The molecule has 20 heavy (non-hydrogen) atoms. The molecule has 0 heterocycles. The monoisotopic (exact) mass is 272 g/mol. The third-order valence-electron chi connectivity index (χ3n) is 2.64. The highest BCUT2D eigenvalue weighted by atomic mass is 16.5. The summed E-state index contributed by atoms with van der Waals surface area (Å²) in [6.07, 6.45) is 6.87. The number of ether oxygens (including phenoxy) is 2. The van der Waals surface area contributed by atoms with Crippen molar-refractivity contribution in [3.05, 3.63) is 72.0 Å². The van der Waals surface area contributed by atoms with Crippen LogP contribution >= 0.6 is 0 Å². The average molecular weight is 272 g/mol. The largest absolute Gasteiger partial charge is 0.492 e. The van der Waals surface area contributed by atoms with Gasteiger partial charge in [-0.15, -0.1) is 0 Å². The molecule has 1 rings (SSSR count). The number of benzene rings is 1. The normalized spacial score (nSPS) is 11.8. The van der Waals surface area contributed by atoms with Gasteiger partial charge in [0.2, 0.25) is 0 Å². The van der Waals surface area contributed by atoms with Crippen molar-refractivity contribution in [2.45, 2.75) is 26.9 Å². The fourth-order valence-electron chi connectivity index (χ4n) is 1.59. The molecule has 1 aromatic carbocycles. The van der Waals surface area contributed by atoms with E-state index in [-0.39, 0.29) is 0 Å². The molecule has 2 nitrogen and oxygen atoms in total. The van der Waals surface area contributed by atoms with Crippen molar-refractivity contribution in [1.82, 2.24) is 0 Å². The molecular formula is C18H24O2. The highest BCUT2D eigenvalue weighted by molar-refractivity contribution is 5.14. The Labute approximate surface area is 122 Å². The second-order valence-corrected chi connectivity index (χ2v) is 4.64. The maximum atomic E-state index is 5.63. The van der Waals surface area contributed by atoms with Crippen LogP contribution in [0.2, 0.25) is 0 Å². The fourth-order valence-corrected chi connectivity index (χ4v) is 1.59. The van der Waals surface area contributed by atoms with Gasteiger partial charge in [0.15, 0.2) is 0 Å². The van der Waals surface area contributed by atoms with Gasteiger partial charge in [-0.2, -0.15) is 0 Å². The molecule has 0 aliphatic rings. The van der Waals surface area contributed by atoms with Crippen LogP contribution in [0, 0.1) is 0 Å². The maximum absolute atomic E-state index is 5.63. The van der Waals surface area contributed by atoms with Gasteiger partial charge in [-0.05, 0) is 38.0 Å². The van der Waals surface area contributed by atoms with Crippen LogP contribution in [-0.2, 0) is 16.1 Å². The summed E-state index contributed by atoms with van der Waals surface area (Å²) < 4.78 is 11.2. The molecule has 0 bridgehead atoms. The van der Waals surface area contributed by atoms with Crippen LogP contribution in [0.5, 0.6) is 0 Å². The van der Waals surface area contributed by atoms with E-state index in [9.17, 15) is 0 Å². The molecule has 2 heteroatoms. The third-order valence-corrected chi connectivity index (χ3v) is 2.64. The minimum Gasteiger partial charge on any atom is -0.492 e. The summed E-state index contributed by atoms with van der Waals surface area (Å²) >= 11 is 0. The summed E-state index contributed by atoms with van der Waals surface area (Å²) in [6, 6.07) is 10.1. The zero-order valence-corrected chi connectivity index (χ0v) is 12.5. The van der Waals surface area contributed by atoms with Gasteiger partial charge >= 0.3 is 0 Å². The second kappa shape index (κ2) is 10.0. The van der Waals surface area contributed by atoms with E-state index in [2.05, 4.69) is 24.8 Å². The van der Waals surface area contributed by atoms with Crippen LogP contribution in [0.4, 0.5) is 0 Å². The van der Waals surface area contributed by atoms with Gasteiger partial charge < -0.3 is 9.47 Å². The molecule has 1 aromatic rings. The molecule has 0 spiro atoms. The molecule has 108 valence electrons. The summed E-state index contributed by atoms with van der Waals surface area (Å²) in [5, 5.41) is 0. The van der Waals surface area contributed by atoms with Crippen LogP contribution in [0.25, 0.3) is 0 Å². The van der Waals surface area contributed by atoms with Gasteiger partial charge in [0.25, 0.3) is 0 Å². The first-order valence-corrected chi connectivity index (χ1v) is 6.94. The Balaban J connectivity index is 2.16. The van der Waals surface area contributed by atoms with E-state index in [1.807, 2.05) is 44.2 Å². The lowest BCUT2D eigenvalue weighted by molar-refractivity contribution is 0.0691. The molecule has 0 radical (unpaired) electrons. The lowest BCUT2D eigenvalue weighted by Crippen LogP contribution is -2.03. The molecule has 0 amide bonds. The van der Waals surface area contributed by atoms with E-state index in [0.29, 0.717) is 19.8 Å². The molecule has 0 unspecified atom stereocenters. The zero-order chi connectivity index (χ0) is 14.6. The first-order valence-electron chi connectivity index (χ1n) is 6.94. The lowest BCUT2D eigenvalue weighted by Gasteiger charge is -2.08. The van der Waals surface area contributed by atoms with Crippen LogP contribution in [-0.4, -0.2) is 13.2 Å². The van der Waals surface area contributed by atoms with Crippen molar-refractivity contribution in [2.24, 2.45) is 0 Å². The van der Waals surface area contributed by atoms with E-state index in [1.54, 1.807) is 0 Å². The van der Waals surface area contributed by atoms with Crippen molar-refractivity contribution < 1.29 is 9.47 Å². The summed E-state index contributed by atoms with van der Waals surface area (Å²) in [5.74, 6) is 0.870. The van der Waals surface area contributed by atoms with Crippen molar-refractivity contribution in [1.29, 1.82) is 0 Å². The van der Waals surface area contributed by atoms with Crippen LogP contribution in [0.1, 0.15) is 25.8 Å². The summed E-state index contributed by atoms with van der Waals surface area (Å²) in [4.78, 5) is 0. The van der Waals surface area contributed by atoms with E-state index in [0.717, 1.165) is 17.8 Å². The zero-order valence-electron chi connectivity index (χ0n) is 12.5. The molecule has 0 saturated carbocycles. The van der Waals surface area contributed by atoms with Gasteiger partial charge in [0.05, 0.1) is 13.2 Å². The predicted octanol–water partition coefficient (Wildman–Crippen LogP) is 4.65. The van der Waals surface area contributed by atoms with Gasteiger partial charge in [-0.25, -0.2) is 0 Å². The lowest BCUT2D eigenvalue weighted by atomic mass is 10.2. The van der Waals surface area contributed by atoms with Crippen molar-refractivity contribution in [3.8, 4) is 0 Å². The minimum atomic E-state index is 0.559. The number of hydrogen-bond donors (Lipinski definition) is 0. The van der Waals surface area contributed by atoms with Crippen molar-refractivity contribution >= 4 is 0 Å². The Morgan fingerprint density at radius 3 is 2.60 bits per heavy atom. The second-order valence-electron chi connectivity index (χ2n) is 4.64. The number of rotatable bonds is 9. The van der Waals surface area contributed by atoms with E-state index >= 15 is 0 Å². The third kappa shape index (κ3) is 7.59. The van der Waals surface area contributed by atoms with Gasteiger partial charge in [0, 0.05) is 0 Å². The van der Waals surface area contributed by atoms with Gasteiger partial charge in [-0.1, -0.05) is 48.6 Å². The SMILES string of the molecule is C=C(C)CC=C/C(=C\C)OCCOCc1ccccc1. The van der Waals surface area contributed by atoms with Crippen LogP contribution < -0.4 is 0 Å². The smallest absolute Gasteiger partial charge is 0.114 e. The molecule has 0 aliphatic heterocycles. The van der Waals surface area contributed by atoms with E-state index in [4.69, 9.17) is 9.47 Å². The maximum Gasteiger partial charge on any atom is 0.114 e. The first-order chi connectivity index (χ1) is 9.72. The Morgan fingerprint density at radius 1 is 1.20 bits per heavy atom. The quantitative estimate of drug-likeness (QED) is 0.282. The molecule has 0 aromatic heterocycles. The Kier molecular flexibility index (Phi) is 8.16. The average Bonchev–Trinajstić information content (AvgIpc) is 2.46. The standard InChI is InChI=1S/C18H24O2/c1-4-18(12-8-9-16(2)3)20-14-13-19-15-17-10-6-5-7-11-17/h4-8,10-12H,2,9,13-15H2,1,3H3/b12-8?,18-4+. The molecule has 0 fully saturated rings. The summed E-state index contributed by atoms with van der Waals surface area (Å²) in [7, 11) is 0. The highest BCUT2D eigenvalue weighted by Crippen LogP contribution is 2.04. The predicted molar refractivity (Wildman–Crippen MR) is 84.4 cm³/mol. The van der Waals surface area contributed by atoms with E-state index in [1.165, 1.54) is 5.56 Å². The Bertz CT molecular complexity index is 444.